The highest BCUT2D eigenvalue weighted by molar-refractivity contribution is 7.93. The average molecular weight is 391 g/mol. The Morgan fingerprint density at radius 3 is 2.58 bits per heavy atom. The molecule has 0 aliphatic heterocycles. The molecular formula is C19H22N2O3S2. The molecule has 0 saturated carbocycles. The van der Waals surface area contributed by atoms with E-state index in [0.717, 1.165) is 21.7 Å². The Morgan fingerprint density at radius 1 is 1.15 bits per heavy atom. The Kier molecular flexibility index (Phi) is 5.05. The van der Waals surface area contributed by atoms with Crippen LogP contribution in [0.15, 0.2) is 52.9 Å². The molecule has 0 bridgehead atoms. The molecule has 26 heavy (non-hydrogen) atoms. The lowest BCUT2D eigenvalue weighted by Gasteiger charge is -2.16. The van der Waals surface area contributed by atoms with Gasteiger partial charge in [0.1, 0.15) is 4.21 Å². The van der Waals surface area contributed by atoms with Crippen molar-refractivity contribution in [1.82, 2.24) is 9.78 Å². The van der Waals surface area contributed by atoms with Crippen molar-refractivity contribution in [3.8, 4) is 21.7 Å². The summed E-state index contributed by atoms with van der Waals surface area (Å²) in [6.45, 7) is 5.55. The predicted octanol–water partition coefficient (Wildman–Crippen LogP) is 3.84. The van der Waals surface area contributed by atoms with Crippen molar-refractivity contribution in [3.05, 3.63) is 48.7 Å². The largest absolute Gasteiger partial charge is 0.389 e. The van der Waals surface area contributed by atoms with Gasteiger partial charge in [-0.15, -0.1) is 11.3 Å². The lowest BCUT2D eigenvalue weighted by Crippen LogP contribution is -2.26. The van der Waals surface area contributed by atoms with Crippen LogP contribution in [-0.2, 0) is 16.4 Å². The minimum absolute atomic E-state index is 0.103. The van der Waals surface area contributed by atoms with Crippen LogP contribution < -0.4 is 0 Å². The topological polar surface area (TPSA) is 72.2 Å². The van der Waals surface area contributed by atoms with Crippen LogP contribution in [-0.4, -0.2) is 34.7 Å². The maximum absolute atomic E-state index is 12.0. The summed E-state index contributed by atoms with van der Waals surface area (Å²) in [6.07, 6.45) is 1.84. The van der Waals surface area contributed by atoms with Gasteiger partial charge in [-0.1, -0.05) is 25.1 Å². The molecule has 0 radical (unpaired) electrons. The third-order valence-corrected chi connectivity index (χ3v) is 7.35. The highest BCUT2D eigenvalue weighted by atomic mass is 32.2. The molecule has 2 heterocycles. The van der Waals surface area contributed by atoms with Gasteiger partial charge in [-0.3, -0.25) is 4.68 Å². The molecule has 5 nitrogen and oxygen atoms in total. The second kappa shape index (κ2) is 6.98. The van der Waals surface area contributed by atoms with Crippen molar-refractivity contribution in [2.75, 3.05) is 5.75 Å². The van der Waals surface area contributed by atoms with E-state index in [1.165, 1.54) is 11.3 Å². The molecule has 0 aliphatic rings. The van der Waals surface area contributed by atoms with Crippen LogP contribution in [0.4, 0.5) is 0 Å². The number of hydrogen-bond acceptors (Lipinski definition) is 5. The molecule has 1 N–H and O–H groups in total. The summed E-state index contributed by atoms with van der Waals surface area (Å²) in [5, 5.41) is 14.4. The number of nitrogens with zero attached hydrogens (tertiary/aromatic N) is 2. The first-order chi connectivity index (χ1) is 12.2. The second-order valence-corrected chi connectivity index (χ2v) is 10.4. The average Bonchev–Trinajstić information content (AvgIpc) is 3.23. The lowest BCUT2D eigenvalue weighted by atomic mass is 10.1. The Morgan fingerprint density at radius 2 is 1.88 bits per heavy atom. The zero-order chi connectivity index (χ0) is 18.9. The van der Waals surface area contributed by atoms with Crippen LogP contribution in [0, 0.1) is 0 Å². The summed E-state index contributed by atoms with van der Waals surface area (Å²) in [5.41, 5.74) is 1.89. The minimum atomic E-state index is -3.18. The fraction of sp³-hybridized carbons (Fsp3) is 0.316. The number of rotatable bonds is 6. The van der Waals surface area contributed by atoms with Crippen LogP contribution in [0.2, 0.25) is 0 Å². The van der Waals surface area contributed by atoms with Crippen molar-refractivity contribution in [1.29, 1.82) is 0 Å². The first-order valence-electron chi connectivity index (χ1n) is 8.37. The summed E-state index contributed by atoms with van der Waals surface area (Å²) in [4.78, 5) is 0.912. The first-order valence-corrected chi connectivity index (χ1v) is 10.8. The molecule has 1 aromatic carbocycles. The Balaban J connectivity index is 1.90. The monoisotopic (exact) mass is 390 g/mol. The number of aromatic nitrogens is 2. The van der Waals surface area contributed by atoms with Crippen molar-refractivity contribution in [2.24, 2.45) is 0 Å². The number of benzene rings is 1. The standard InChI is InChI=1S/C19H22N2O3S2/c1-4-26(23,24)18-9-8-17(25-18)15-7-5-6-14(12-15)16-10-11-21(20-16)13-19(2,3)22/h5-12,22H,4,13H2,1-3H3. The van der Waals surface area contributed by atoms with E-state index in [1.807, 2.05) is 42.6 Å². The van der Waals surface area contributed by atoms with E-state index < -0.39 is 15.4 Å². The van der Waals surface area contributed by atoms with Gasteiger partial charge in [0, 0.05) is 16.6 Å². The van der Waals surface area contributed by atoms with Gasteiger partial charge in [0.15, 0.2) is 9.84 Å². The van der Waals surface area contributed by atoms with E-state index in [1.54, 1.807) is 31.5 Å². The van der Waals surface area contributed by atoms with E-state index in [4.69, 9.17) is 0 Å². The van der Waals surface area contributed by atoms with E-state index in [0.29, 0.717) is 10.8 Å². The molecule has 0 atom stereocenters. The molecule has 0 amide bonds. The molecule has 0 unspecified atom stereocenters. The molecule has 0 aliphatic carbocycles. The van der Waals surface area contributed by atoms with Gasteiger partial charge in [0.2, 0.25) is 0 Å². The molecule has 2 aromatic heterocycles. The van der Waals surface area contributed by atoms with Gasteiger partial charge in [-0.05, 0) is 43.7 Å². The molecule has 138 valence electrons. The highest BCUT2D eigenvalue weighted by Crippen LogP contribution is 2.33. The Hall–Kier alpha value is -1.96. The zero-order valence-corrected chi connectivity index (χ0v) is 16.6. The smallest absolute Gasteiger partial charge is 0.187 e. The maximum atomic E-state index is 12.0. The fourth-order valence-corrected chi connectivity index (χ4v) is 5.04. The first kappa shape index (κ1) is 18.8. The number of hydrogen-bond donors (Lipinski definition) is 1. The van der Waals surface area contributed by atoms with E-state index in [2.05, 4.69) is 5.10 Å². The molecular weight excluding hydrogens is 368 g/mol. The third-order valence-electron chi connectivity index (χ3n) is 3.90. The van der Waals surface area contributed by atoms with Gasteiger partial charge < -0.3 is 5.11 Å². The highest BCUT2D eigenvalue weighted by Gasteiger charge is 2.16. The predicted molar refractivity (Wildman–Crippen MR) is 105 cm³/mol. The van der Waals surface area contributed by atoms with Gasteiger partial charge in [0.05, 0.1) is 23.6 Å². The fourth-order valence-electron chi connectivity index (χ4n) is 2.62. The van der Waals surface area contributed by atoms with Crippen LogP contribution in [0.3, 0.4) is 0 Å². The van der Waals surface area contributed by atoms with Crippen LogP contribution in [0.1, 0.15) is 20.8 Å². The zero-order valence-electron chi connectivity index (χ0n) is 15.0. The quantitative estimate of drug-likeness (QED) is 0.694. The van der Waals surface area contributed by atoms with Gasteiger partial charge in [-0.25, -0.2) is 8.42 Å². The summed E-state index contributed by atoms with van der Waals surface area (Å²) >= 11 is 1.29. The SMILES string of the molecule is CCS(=O)(=O)c1ccc(-c2cccc(-c3ccn(CC(C)(C)O)n3)c2)s1. The summed E-state index contributed by atoms with van der Waals surface area (Å²) in [5.74, 6) is 0.103. The molecule has 3 rings (SSSR count). The molecule has 0 fully saturated rings. The van der Waals surface area contributed by atoms with Crippen LogP contribution in [0.25, 0.3) is 21.7 Å². The molecule has 7 heteroatoms. The number of thiophene rings is 1. The normalized spacial score (nSPS) is 12.5. The van der Waals surface area contributed by atoms with Crippen LogP contribution >= 0.6 is 11.3 Å². The third kappa shape index (κ3) is 4.23. The van der Waals surface area contributed by atoms with E-state index in [9.17, 15) is 13.5 Å². The van der Waals surface area contributed by atoms with Crippen molar-refractivity contribution < 1.29 is 13.5 Å². The van der Waals surface area contributed by atoms with E-state index >= 15 is 0 Å². The van der Waals surface area contributed by atoms with E-state index in [-0.39, 0.29) is 5.75 Å². The summed E-state index contributed by atoms with van der Waals surface area (Å²) in [7, 11) is -3.18. The Bertz CT molecular complexity index is 1010. The van der Waals surface area contributed by atoms with Gasteiger partial charge >= 0.3 is 0 Å². The number of aliphatic hydroxyl groups is 1. The second-order valence-electron chi connectivity index (χ2n) is 6.81. The lowest BCUT2D eigenvalue weighted by molar-refractivity contribution is 0.0578. The summed E-state index contributed by atoms with van der Waals surface area (Å²) in [6, 6.07) is 13.3. The van der Waals surface area contributed by atoms with Crippen molar-refractivity contribution in [2.45, 2.75) is 37.1 Å². The minimum Gasteiger partial charge on any atom is -0.389 e. The van der Waals surface area contributed by atoms with Crippen molar-refractivity contribution in [3.63, 3.8) is 0 Å². The van der Waals surface area contributed by atoms with Crippen LogP contribution in [0.5, 0.6) is 0 Å². The van der Waals surface area contributed by atoms with Crippen molar-refractivity contribution >= 4 is 21.2 Å². The van der Waals surface area contributed by atoms with Gasteiger partial charge in [0.25, 0.3) is 0 Å². The summed E-state index contributed by atoms with van der Waals surface area (Å²) < 4.78 is 26.2. The molecule has 0 saturated heterocycles. The Labute approximate surface area is 157 Å². The molecule has 3 aromatic rings. The molecule has 0 spiro atoms. The van der Waals surface area contributed by atoms with Gasteiger partial charge in [-0.2, -0.15) is 5.10 Å². The maximum Gasteiger partial charge on any atom is 0.187 e. The number of sulfone groups is 1.